The van der Waals surface area contributed by atoms with Crippen LogP contribution in [0.5, 0.6) is 0 Å². The van der Waals surface area contributed by atoms with Crippen molar-refractivity contribution in [1.82, 2.24) is 0 Å². The second kappa shape index (κ2) is 4.08. The van der Waals surface area contributed by atoms with Gasteiger partial charge in [0.1, 0.15) is 5.60 Å². The smallest absolute Gasteiger partial charge is 0.153 e. The third-order valence-corrected chi connectivity index (χ3v) is 6.52. The predicted molar refractivity (Wildman–Crippen MR) is 68.4 cm³/mol. The first kappa shape index (κ1) is 12.5. The highest BCUT2D eigenvalue weighted by atomic mass is 79.9. The topological polar surface area (TPSA) is 54.4 Å². The largest absolute Gasteiger partial charge is 0.384 e. The molecule has 90 valence electrons. The van der Waals surface area contributed by atoms with Gasteiger partial charge in [-0.1, -0.05) is 0 Å². The zero-order valence-corrected chi connectivity index (χ0v) is 12.0. The van der Waals surface area contributed by atoms with Crippen LogP contribution in [-0.2, 0) is 15.4 Å². The fourth-order valence-corrected chi connectivity index (χ4v) is 5.69. The van der Waals surface area contributed by atoms with Gasteiger partial charge in [-0.05, 0) is 40.6 Å². The summed E-state index contributed by atoms with van der Waals surface area (Å²) in [4.78, 5) is 0. The van der Waals surface area contributed by atoms with E-state index in [2.05, 4.69) is 15.9 Å². The number of hydrogen-bond acceptors (Lipinski definition) is 4. The first-order valence-electron chi connectivity index (χ1n) is 4.99. The lowest BCUT2D eigenvalue weighted by Gasteiger charge is -2.28. The molecule has 0 radical (unpaired) electrons. The maximum absolute atomic E-state index is 11.7. The number of halogens is 1. The van der Waals surface area contributed by atoms with E-state index in [1.165, 1.54) is 17.6 Å². The van der Waals surface area contributed by atoms with Gasteiger partial charge in [0.2, 0.25) is 0 Å². The summed E-state index contributed by atoms with van der Waals surface area (Å²) in [6.45, 7) is 0. The number of rotatable bonds is 2. The fraction of sp³-hybridized carbons (Fsp3) is 0.600. The molecule has 16 heavy (non-hydrogen) atoms. The van der Waals surface area contributed by atoms with E-state index in [-0.39, 0.29) is 0 Å². The molecule has 6 heteroatoms. The molecule has 0 saturated heterocycles. The quantitative estimate of drug-likeness (QED) is 0.908. The molecule has 1 aromatic rings. The second-order valence-electron chi connectivity index (χ2n) is 4.27. The molecular weight excluding hydrogens is 312 g/mol. The van der Waals surface area contributed by atoms with E-state index in [0.29, 0.717) is 18.4 Å². The van der Waals surface area contributed by atoms with Gasteiger partial charge in [-0.3, -0.25) is 0 Å². The van der Waals surface area contributed by atoms with Crippen molar-refractivity contribution in [2.75, 3.05) is 6.26 Å². The lowest BCUT2D eigenvalue weighted by atomic mass is 9.95. The molecule has 2 rings (SSSR count). The van der Waals surface area contributed by atoms with Crippen LogP contribution >= 0.6 is 27.3 Å². The first-order chi connectivity index (χ1) is 7.36. The summed E-state index contributed by atoms with van der Waals surface area (Å²) in [6.07, 6.45) is 3.00. The van der Waals surface area contributed by atoms with Crippen molar-refractivity contribution in [2.45, 2.75) is 30.1 Å². The normalized spacial score (nSPS) is 30.8. The van der Waals surface area contributed by atoms with E-state index in [9.17, 15) is 13.5 Å². The SMILES string of the molecule is CS(=O)(=O)C1CCCC1(O)c1cscc1Br. The van der Waals surface area contributed by atoms with E-state index in [1.54, 1.807) is 0 Å². The van der Waals surface area contributed by atoms with Crippen LogP contribution in [0, 0.1) is 0 Å². The molecule has 0 amide bonds. The van der Waals surface area contributed by atoms with E-state index >= 15 is 0 Å². The molecule has 0 aromatic carbocycles. The van der Waals surface area contributed by atoms with E-state index in [4.69, 9.17) is 0 Å². The molecule has 0 bridgehead atoms. The summed E-state index contributed by atoms with van der Waals surface area (Å²) in [5.41, 5.74) is -0.502. The third kappa shape index (κ3) is 1.96. The summed E-state index contributed by atoms with van der Waals surface area (Å²) in [5, 5.41) is 13.6. The third-order valence-electron chi connectivity index (χ3n) is 3.15. The van der Waals surface area contributed by atoms with Gasteiger partial charge >= 0.3 is 0 Å². The maximum Gasteiger partial charge on any atom is 0.153 e. The molecule has 2 unspecified atom stereocenters. The van der Waals surface area contributed by atoms with Crippen LogP contribution < -0.4 is 0 Å². The van der Waals surface area contributed by atoms with Crippen LogP contribution in [0.4, 0.5) is 0 Å². The van der Waals surface area contributed by atoms with E-state index in [1.807, 2.05) is 10.8 Å². The minimum Gasteiger partial charge on any atom is -0.384 e. The Morgan fingerprint density at radius 2 is 2.25 bits per heavy atom. The van der Waals surface area contributed by atoms with Gasteiger partial charge in [-0.2, -0.15) is 11.3 Å². The van der Waals surface area contributed by atoms with Gasteiger partial charge in [-0.25, -0.2) is 8.42 Å². The van der Waals surface area contributed by atoms with Crippen LogP contribution in [0.15, 0.2) is 15.2 Å². The van der Waals surface area contributed by atoms with Crippen LogP contribution in [0.1, 0.15) is 24.8 Å². The van der Waals surface area contributed by atoms with Crippen LogP contribution in [0.25, 0.3) is 0 Å². The molecule has 1 aliphatic rings. The Hall–Kier alpha value is 0.0900. The van der Waals surface area contributed by atoms with Crippen molar-refractivity contribution in [3.05, 3.63) is 20.8 Å². The molecule has 1 N–H and O–H groups in total. The van der Waals surface area contributed by atoms with Crippen molar-refractivity contribution in [3.63, 3.8) is 0 Å². The Kier molecular flexibility index (Phi) is 3.20. The fourth-order valence-electron chi connectivity index (χ4n) is 2.42. The molecule has 2 atom stereocenters. The Balaban J connectivity index is 2.49. The van der Waals surface area contributed by atoms with Gasteiger partial charge in [-0.15, -0.1) is 0 Å². The van der Waals surface area contributed by atoms with E-state index < -0.39 is 20.7 Å². The molecule has 0 spiro atoms. The monoisotopic (exact) mass is 324 g/mol. The van der Waals surface area contributed by atoms with Crippen molar-refractivity contribution in [3.8, 4) is 0 Å². The van der Waals surface area contributed by atoms with Crippen LogP contribution in [0.3, 0.4) is 0 Å². The average Bonchev–Trinajstić information content (AvgIpc) is 2.70. The van der Waals surface area contributed by atoms with Gasteiger partial charge in [0, 0.05) is 21.7 Å². The summed E-state index contributed by atoms with van der Waals surface area (Å²) < 4.78 is 24.2. The highest BCUT2D eigenvalue weighted by Gasteiger charge is 2.49. The second-order valence-corrected chi connectivity index (χ2v) is 8.09. The Bertz CT molecular complexity index is 494. The Labute approximate surface area is 108 Å². The van der Waals surface area contributed by atoms with Gasteiger partial charge in [0.15, 0.2) is 9.84 Å². The standard InChI is InChI=1S/C10H13BrO3S2/c1-16(13,14)9-3-2-4-10(9,12)7-5-15-6-8(7)11/h5-6,9,12H,2-4H2,1H3. The molecule has 1 heterocycles. The molecule has 1 aromatic heterocycles. The molecule has 1 saturated carbocycles. The first-order valence-corrected chi connectivity index (χ1v) is 8.68. The molecule has 1 fully saturated rings. The summed E-state index contributed by atoms with van der Waals surface area (Å²) >= 11 is 4.82. The van der Waals surface area contributed by atoms with Crippen LogP contribution in [-0.4, -0.2) is 25.0 Å². The van der Waals surface area contributed by atoms with Crippen molar-refractivity contribution in [2.24, 2.45) is 0 Å². The number of sulfone groups is 1. The molecule has 1 aliphatic carbocycles. The molecule has 3 nitrogen and oxygen atoms in total. The summed E-state index contributed by atoms with van der Waals surface area (Å²) in [6, 6.07) is 0. The molecular formula is C10H13BrO3S2. The number of thiophene rings is 1. The lowest BCUT2D eigenvalue weighted by Crippen LogP contribution is -2.39. The van der Waals surface area contributed by atoms with Crippen molar-refractivity contribution < 1.29 is 13.5 Å². The summed E-state index contributed by atoms with van der Waals surface area (Å²) in [7, 11) is -3.22. The molecule has 0 aliphatic heterocycles. The lowest BCUT2D eigenvalue weighted by molar-refractivity contribution is 0.0474. The summed E-state index contributed by atoms with van der Waals surface area (Å²) in [5.74, 6) is 0. The van der Waals surface area contributed by atoms with Crippen molar-refractivity contribution in [1.29, 1.82) is 0 Å². The Morgan fingerprint density at radius 3 is 2.75 bits per heavy atom. The Morgan fingerprint density at radius 1 is 1.56 bits per heavy atom. The highest BCUT2D eigenvalue weighted by molar-refractivity contribution is 9.10. The highest BCUT2D eigenvalue weighted by Crippen LogP contribution is 2.45. The minimum absolute atomic E-state index is 0.514. The van der Waals surface area contributed by atoms with Crippen molar-refractivity contribution >= 4 is 37.1 Å². The maximum atomic E-state index is 11.7. The van der Waals surface area contributed by atoms with Gasteiger partial charge in [0.25, 0.3) is 0 Å². The minimum atomic E-state index is -3.22. The number of aliphatic hydroxyl groups is 1. The number of hydrogen-bond donors (Lipinski definition) is 1. The zero-order chi connectivity index (χ0) is 12.0. The van der Waals surface area contributed by atoms with E-state index in [0.717, 1.165) is 10.9 Å². The zero-order valence-electron chi connectivity index (χ0n) is 8.81. The van der Waals surface area contributed by atoms with Crippen LogP contribution in [0.2, 0.25) is 0 Å². The predicted octanol–water partition coefficient (Wildman–Crippen LogP) is 2.30. The van der Waals surface area contributed by atoms with Gasteiger partial charge < -0.3 is 5.11 Å². The van der Waals surface area contributed by atoms with Gasteiger partial charge in [0.05, 0.1) is 5.25 Å². The average molecular weight is 325 g/mol.